The van der Waals surface area contributed by atoms with E-state index in [4.69, 9.17) is 5.11 Å². The van der Waals surface area contributed by atoms with Crippen molar-refractivity contribution in [1.29, 1.82) is 0 Å². The van der Waals surface area contributed by atoms with Gasteiger partial charge in [0.25, 0.3) is 5.91 Å². The van der Waals surface area contributed by atoms with Gasteiger partial charge in [0.15, 0.2) is 0 Å². The fraction of sp³-hybridized carbons (Fsp3) is 0. The highest BCUT2D eigenvalue weighted by Crippen LogP contribution is 2.23. The molecule has 0 saturated carbocycles. The maximum Gasteiger partial charge on any atom is 0.335 e. The smallest absolute Gasteiger partial charge is 0.335 e. The van der Waals surface area contributed by atoms with E-state index in [1.165, 1.54) is 42.5 Å². The minimum atomic E-state index is -1.06. The Morgan fingerprint density at radius 1 is 1.05 bits per heavy atom. The molecule has 4 nitrogen and oxygen atoms in total. The lowest BCUT2D eigenvalue weighted by Gasteiger charge is -2.07. The Labute approximate surface area is 122 Å². The Kier molecular flexibility index (Phi) is 4.14. The van der Waals surface area contributed by atoms with Crippen molar-refractivity contribution < 1.29 is 19.1 Å². The standard InChI is InChI=1S/C14H9BrFNO3/c15-11-6-5-10(16)7-12(11)17-13(18)8-1-3-9(4-2-8)14(19)20/h1-7H,(H,17,18)(H,19,20). The van der Waals surface area contributed by atoms with Crippen LogP contribution in [-0.2, 0) is 0 Å². The van der Waals surface area contributed by atoms with Gasteiger partial charge < -0.3 is 10.4 Å². The fourth-order valence-corrected chi connectivity index (χ4v) is 1.90. The second-order valence-electron chi connectivity index (χ2n) is 3.96. The molecule has 0 unspecified atom stereocenters. The van der Waals surface area contributed by atoms with E-state index in [1.54, 1.807) is 0 Å². The summed E-state index contributed by atoms with van der Waals surface area (Å²) in [5.74, 6) is -1.98. The third-order valence-electron chi connectivity index (χ3n) is 2.57. The summed E-state index contributed by atoms with van der Waals surface area (Å²) in [4.78, 5) is 22.7. The van der Waals surface area contributed by atoms with E-state index in [-0.39, 0.29) is 11.1 Å². The van der Waals surface area contributed by atoms with Gasteiger partial charge >= 0.3 is 5.97 Å². The van der Waals surface area contributed by atoms with E-state index in [0.29, 0.717) is 10.2 Å². The molecule has 0 aromatic heterocycles. The fourth-order valence-electron chi connectivity index (χ4n) is 1.55. The van der Waals surface area contributed by atoms with E-state index < -0.39 is 17.7 Å². The number of carbonyl (C=O) groups is 2. The predicted molar refractivity (Wildman–Crippen MR) is 75.5 cm³/mol. The van der Waals surface area contributed by atoms with Crippen LogP contribution in [0.5, 0.6) is 0 Å². The third-order valence-corrected chi connectivity index (χ3v) is 3.26. The summed E-state index contributed by atoms with van der Waals surface area (Å²) in [5, 5.41) is 11.3. The van der Waals surface area contributed by atoms with E-state index in [1.807, 2.05) is 0 Å². The molecule has 20 heavy (non-hydrogen) atoms. The number of aromatic carboxylic acids is 1. The van der Waals surface area contributed by atoms with Crippen LogP contribution in [0.4, 0.5) is 10.1 Å². The molecular formula is C14H9BrFNO3. The van der Waals surface area contributed by atoms with Crippen LogP contribution in [0.15, 0.2) is 46.9 Å². The lowest BCUT2D eigenvalue weighted by atomic mass is 10.1. The SMILES string of the molecule is O=C(O)c1ccc(C(=O)Nc2cc(F)ccc2Br)cc1. The van der Waals surface area contributed by atoms with Gasteiger partial charge in [-0.2, -0.15) is 0 Å². The zero-order chi connectivity index (χ0) is 14.7. The largest absolute Gasteiger partial charge is 0.478 e. The number of anilines is 1. The van der Waals surface area contributed by atoms with Gasteiger partial charge in [-0.15, -0.1) is 0 Å². The van der Waals surface area contributed by atoms with Gasteiger partial charge in [-0.3, -0.25) is 4.79 Å². The number of carbonyl (C=O) groups excluding carboxylic acids is 1. The maximum atomic E-state index is 13.1. The molecule has 6 heteroatoms. The first-order valence-electron chi connectivity index (χ1n) is 5.57. The van der Waals surface area contributed by atoms with E-state index in [0.717, 1.165) is 0 Å². The number of carboxylic acid groups (broad SMARTS) is 1. The van der Waals surface area contributed by atoms with Gasteiger partial charge in [-0.05, 0) is 58.4 Å². The van der Waals surface area contributed by atoms with Crippen molar-refractivity contribution in [2.45, 2.75) is 0 Å². The first-order valence-corrected chi connectivity index (χ1v) is 6.36. The van der Waals surface area contributed by atoms with Crippen molar-refractivity contribution in [3.05, 3.63) is 63.9 Å². The quantitative estimate of drug-likeness (QED) is 0.900. The van der Waals surface area contributed by atoms with Crippen molar-refractivity contribution >= 4 is 33.5 Å². The highest BCUT2D eigenvalue weighted by atomic mass is 79.9. The van der Waals surface area contributed by atoms with Crippen molar-refractivity contribution in [3.63, 3.8) is 0 Å². The average molecular weight is 338 g/mol. The highest BCUT2D eigenvalue weighted by Gasteiger charge is 2.10. The van der Waals surface area contributed by atoms with E-state index in [2.05, 4.69) is 21.2 Å². The number of nitrogens with one attached hydrogen (secondary N) is 1. The van der Waals surface area contributed by atoms with Gasteiger partial charge in [0.1, 0.15) is 5.82 Å². The van der Waals surface area contributed by atoms with Crippen LogP contribution in [0, 0.1) is 5.82 Å². The average Bonchev–Trinajstić information content (AvgIpc) is 2.43. The summed E-state index contributed by atoms with van der Waals surface area (Å²) in [6.07, 6.45) is 0. The van der Waals surface area contributed by atoms with Gasteiger partial charge in [-0.1, -0.05) is 0 Å². The van der Waals surface area contributed by atoms with Crippen LogP contribution < -0.4 is 5.32 Å². The summed E-state index contributed by atoms with van der Waals surface area (Å²) in [5.41, 5.74) is 0.678. The highest BCUT2D eigenvalue weighted by molar-refractivity contribution is 9.10. The third kappa shape index (κ3) is 3.21. The summed E-state index contributed by atoms with van der Waals surface area (Å²) in [6, 6.07) is 9.39. The number of hydrogen-bond acceptors (Lipinski definition) is 2. The number of benzene rings is 2. The predicted octanol–water partition coefficient (Wildman–Crippen LogP) is 3.54. The summed E-state index contributed by atoms with van der Waals surface area (Å²) in [7, 11) is 0. The molecule has 0 aliphatic carbocycles. The van der Waals surface area contributed by atoms with Gasteiger partial charge in [0, 0.05) is 10.0 Å². The first kappa shape index (κ1) is 14.2. The second kappa shape index (κ2) is 5.83. The first-order chi connectivity index (χ1) is 9.47. The molecule has 0 bridgehead atoms. The monoisotopic (exact) mass is 337 g/mol. The molecule has 0 radical (unpaired) electrons. The second-order valence-corrected chi connectivity index (χ2v) is 4.82. The zero-order valence-electron chi connectivity index (χ0n) is 10.1. The van der Waals surface area contributed by atoms with Crippen molar-refractivity contribution in [2.75, 3.05) is 5.32 Å². The van der Waals surface area contributed by atoms with E-state index in [9.17, 15) is 14.0 Å². The molecule has 0 atom stereocenters. The Morgan fingerprint density at radius 2 is 1.65 bits per heavy atom. The summed E-state index contributed by atoms with van der Waals surface area (Å²) >= 11 is 3.20. The van der Waals surface area contributed by atoms with Crippen LogP contribution >= 0.6 is 15.9 Å². The molecule has 0 aliphatic rings. The number of rotatable bonds is 3. The Morgan fingerprint density at radius 3 is 2.25 bits per heavy atom. The molecule has 0 spiro atoms. The minimum absolute atomic E-state index is 0.0912. The molecule has 1 amide bonds. The summed E-state index contributed by atoms with van der Waals surface area (Å²) < 4.78 is 13.7. The molecule has 2 N–H and O–H groups in total. The van der Waals surface area contributed by atoms with Crippen LogP contribution in [0.25, 0.3) is 0 Å². The maximum absolute atomic E-state index is 13.1. The number of halogens is 2. The molecule has 2 rings (SSSR count). The number of amides is 1. The van der Waals surface area contributed by atoms with Crippen LogP contribution in [-0.4, -0.2) is 17.0 Å². The molecule has 2 aromatic rings. The molecule has 102 valence electrons. The molecule has 0 heterocycles. The topological polar surface area (TPSA) is 66.4 Å². The zero-order valence-corrected chi connectivity index (χ0v) is 11.6. The van der Waals surface area contributed by atoms with Gasteiger partial charge in [0.2, 0.25) is 0 Å². The lowest BCUT2D eigenvalue weighted by Crippen LogP contribution is -2.12. The molecule has 2 aromatic carbocycles. The lowest BCUT2D eigenvalue weighted by molar-refractivity contribution is 0.0696. The van der Waals surface area contributed by atoms with Crippen LogP contribution in [0.3, 0.4) is 0 Å². The van der Waals surface area contributed by atoms with Crippen molar-refractivity contribution in [1.82, 2.24) is 0 Å². The molecular weight excluding hydrogens is 329 g/mol. The van der Waals surface area contributed by atoms with Gasteiger partial charge in [-0.25, -0.2) is 9.18 Å². The normalized spacial score (nSPS) is 10.1. The van der Waals surface area contributed by atoms with Crippen molar-refractivity contribution in [2.24, 2.45) is 0 Å². The Bertz CT molecular complexity index is 671. The van der Waals surface area contributed by atoms with Crippen LogP contribution in [0.1, 0.15) is 20.7 Å². The van der Waals surface area contributed by atoms with Crippen LogP contribution in [0.2, 0.25) is 0 Å². The van der Waals surface area contributed by atoms with E-state index >= 15 is 0 Å². The number of hydrogen-bond donors (Lipinski definition) is 2. The van der Waals surface area contributed by atoms with Gasteiger partial charge in [0.05, 0.1) is 11.3 Å². The molecule has 0 fully saturated rings. The summed E-state index contributed by atoms with van der Waals surface area (Å²) in [6.45, 7) is 0. The van der Waals surface area contributed by atoms with Crippen molar-refractivity contribution in [3.8, 4) is 0 Å². The molecule has 0 aliphatic heterocycles. The number of carboxylic acids is 1. The molecule has 0 saturated heterocycles. The Hall–Kier alpha value is -2.21. The Balaban J connectivity index is 2.19. The minimum Gasteiger partial charge on any atom is -0.478 e.